The molecule has 0 radical (unpaired) electrons. The smallest absolute Gasteiger partial charge is 0.296 e. The number of nitrogens with one attached hydrogen (secondary N) is 1. The molecule has 1 heterocycles. The molecule has 1 N–H and O–H groups in total. The number of carbonyl (C=O) groups excluding carboxylic acids is 2. The van der Waals surface area contributed by atoms with Gasteiger partial charge in [0.15, 0.2) is 0 Å². The Bertz CT molecular complexity index is 526. The average molecular weight is 231 g/mol. The fraction of sp³-hybridized carbons (Fsp3) is 0.167. The van der Waals surface area contributed by atoms with Crippen molar-refractivity contribution >= 4 is 30.0 Å². The van der Waals surface area contributed by atoms with Crippen LogP contribution in [0.4, 0.5) is 5.69 Å². The van der Waals surface area contributed by atoms with E-state index in [9.17, 15) is 9.59 Å². The Morgan fingerprint density at radius 2 is 2.12 bits per heavy atom. The molecule has 16 heavy (non-hydrogen) atoms. The summed E-state index contributed by atoms with van der Waals surface area (Å²) in [5, 5.41) is 2.53. The molecule has 0 atom stereocenters. The van der Waals surface area contributed by atoms with Crippen molar-refractivity contribution in [3.05, 3.63) is 29.3 Å². The highest BCUT2D eigenvalue weighted by Gasteiger charge is 2.29. The second-order valence-corrected chi connectivity index (χ2v) is 3.73. The lowest BCUT2D eigenvalue weighted by Crippen LogP contribution is -2.12. The van der Waals surface area contributed by atoms with Crippen LogP contribution in [0.2, 0.25) is 0 Å². The Kier molecular flexibility index (Phi) is 2.97. The van der Waals surface area contributed by atoms with Gasteiger partial charge in [0, 0.05) is 17.7 Å². The van der Waals surface area contributed by atoms with Gasteiger partial charge < -0.3 is 5.32 Å². The van der Waals surface area contributed by atoms with Crippen molar-refractivity contribution in [2.24, 2.45) is 0 Å². The van der Waals surface area contributed by atoms with Crippen LogP contribution >= 0.6 is 12.6 Å². The summed E-state index contributed by atoms with van der Waals surface area (Å²) < 4.78 is 0. The predicted molar refractivity (Wildman–Crippen MR) is 64.8 cm³/mol. The first-order valence-electron chi connectivity index (χ1n) is 4.82. The van der Waals surface area contributed by atoms with Gasteiger partial charge in [-0.05, 0) is 12.1 Å². The van der Waals surface area contributed by atoms with E-state index >= 15 is 0 Å². The zero-order valence-corrected chi connectivity index (χ0v) is 9.30. The molecule has 0 spiro atoms. The third-order valence-electron chi connectivity index (χ3n) is 2.21. The Morgan fingerprint density at radius 1 is 1.31 bits per heavy atom. The van der Waals surface area contributed by atoms with E-state index in [2.05, 4.69) is 29.8 Å². The first-order valence-corrected chi connectivity index (χ1v) is 5.45. The fourth-order valence-electron chi connectivity index (χ4n) is 1.49. The van der Waals surface area contributed by atoms with Crippen LogP contribution in [-0.2, 0) is 4.79 Å². The lowest BCUT2D eigenvalue weighted by Gasteiger charge is -1.99. The minimum atomic E-state index is -0.585. The van der Waals surface area contributed by atoms with E-state index in [1.165, 1.54) is 0 Å². The van der Waals surface area contributed by atoms with Crippen LogP contribution in [-0.4, -0.2) is 17.4 Å². The largest absolute Gasteiger partial charge is 0.317 e. The van der Waals surface area contributed by atoms with E-state index in [-0.39, 0.29) is 0 Å². The number of rotatable bonds is 1. The van der Waals surface area contributed by atoms with Crippen LogP contribution < -0.4 is 5.32 Å². The van der Waals surface area contributed by atoms with Crippen LogP contribution in [0.3, 0.4) is 0 Å². The molecule has 1 aromatic carbocycles. The average Bonchev–Trinajstić information content (AvgIpc) is 2.57. The first kappa shape index (κ1) is 10.8. The van der Waals surface area contributed by atoms with Crippen LogP contribution in [0.15, 0.2) is 18.2 Å². The summed E-state index contributed by atoms with van der Waals surface area (Å²) in [5.74, 6) is 5.45. The van der Waals surface area contributed by atoms with Crippen molar-refractivity contribution in [3.8, 4) is 11.8 Å². The molecule has 0 saturated heterocycles. The molecule has 0 aliphatic carbocycles. The Balaban J connectivity index is 2.41. The summed E-state index contributed by atoms with van der Waals surface area (Å²) in [7, 11) is 0. The van der Waals surface area contributed by atoms with E-state index in [1.54, 1.807) is 18.2 Å². The quantitative estimate of drug-likeness (QED) is 0.437. The second kappa shape index (κ2) is 4.42. The monoisotopic (exact) mass is 231 g/mol. The maximum Gasteiger partial charge on any atom is 0.296 e. The maximum atomic E-state index is 11.4. The number of Topliss-reactive ketones (excluding diaryl/α,β-unsaturated/α-hetero) is 1. The second-order valence-electron chi connectivity index (χ2n) is 3.29. The van der Waals surface area contributed by atoms with Gasteiger partial charge in [0.2, 0.25) is 0 Å². The minimum absolute atomic E-state index is 0.405. The summed E-state index contributed by atoms with van der Waals surface area (Å²) >= 11 is 4.05. The Labute approximate surface area is 98.6 Å². The molecule has 4 heteroatoms. The number of hydrogen-bond acceptors (Lipinski definition) is 3. The van der Waals surface area contributed by atoms with Gasteiger partial charge >= 0.3 is 0 Å². The molecule has 1 aromatic rings. The van der Waals surface area contributed by atoms with Crippen molar-refractivity contribution in [3.63, 3.8) is 0 Å². The predicted octanol–water partition coefficient (Wildman–Crippen LogP) is 1.49. The normalized spacial score (nSPS) is 12.8. The standard InChI is InChI=1S/C12H9NO2S/c14-11-9-6-3-5-8(4-1-2-7-16)10(9)13-12(11)15/h3,5-6,16H,2,7H2,(H,13,14,15). The van der Waals surface area contributed by atoms with Gasteiger partial charge in [0.05, 0.1) is 11.3 Å². The van der Waals surface area contributed by atoms with Crippen LogP contribution in [0.1, 0.15) is 22.3 Å². The molecule has 3 nitrogen and oxygen atoms in total. The van der Waals surface area contributed by atoms with Crippen molar-refractivity contribution < 1.29 is 9.59 Å². The van der Waals surface area contributed by atoms with E-state index < -0.39 is 11.7 Å². The van der Waals surface area contributed by atoms with Gasteiger partial charge in [0.1, 0.15) is 0 Å². The number of benzene rings is 1. The molecule has 0 unspecified atom stereocenters. The Morgan fingerprint density at radius 3 is 2.88 bits per heavy atom. The summed E-state index contributed by atoms with van der Waals surface area (Å²) in [6.07, 6.45) is 0.675. The fourth-order valence-corrected chi connectivity index (χ4v) is 1.60. The molecule has 2 rings (SSSR count). The molecule has 1 amide bonds. The van der Waals surface area contributed by atoms with Crippen LogP contribution in [0, 0.1) is 11.8 Å². The summed E-state index contributed by atoms with van der Waals surface area (Å²) in [6.45, 7) is 0. The molecular formula is C12H9NO2S. The van der Waals surface area contributed by atoms with Crippen molar-refractivity contribution in [1.29, 1.82) is 0 Å². The van der Waals surface area contributed by atoms with E-state index in [4.69, 9.17) is 0 Å². The third kappa shape index (κ3) is 1.82. The maximum absolute atomic E-state index is 11.4. The van der Waals surface area contributed by atoms with Crippen LogP contribution in [0.25, 0.3) is 0 Å². The van der Waals surface area contributed by atoms with Gasteiger partial charge in [-0.2, -0.15) is 12.6 Å². The lowest BCUT2D eigenvalue weighted by atomic mass is 10.1. The van der Waals surface area contributed by atoms with Gasteiger partial charge in [-0.1, -0.05) is 17.9 Å². The van der Waals surface area contributed by atoms with Crippen LogP contribution in [0.5, 0.6) is 0 Å². The number of fused-ring (bicyclic) bond motifs is 1. The number of amides is 1. The van der Waals surface area contributed by atoms with E-state index in [1.807, 2.05) is 0 Å². The number of anilines is 1. The molecule has 1 aliphatic rings. The zero-order chi connectivity index (χ0) is 11.5. The topological polar surface area (TPSA) is 46.2 Å². The van der Waals surface area contributed by atoms with Gasteiger partial charge in [0.25, 0.3) is 11.7 Å². The molecule has 0 aromatic heterocycles. The molecule has 1 aliphatic heterocycles. The van der Waals surface area contributed by atoms with E-state index in [0.29, 0.717) is 29.0 Å². The van der Waals surface area contributed by atoms with Crippen molar-refractivity contribution in [2.45, 2.75) is 6.42 Å². The number of carbonyl (C=O) groups is 2. The highest BCUT2D eigenvalue weighted by Crippen LogP contribution is 2.26. The Hall–Kier alpha value is -1.73. The van der Waals surface area contributed by atoms with Gasteiger partial charge in [-0.25, -0.2) is 0 Å². The van der Waals surface area contributed by atoms with Gasteiger partial charge in [-0.15, -0.1) is 0 Å². The van der Waals surface area contributed by atoms with Crippen molar-refractivity contribution in [1.82, 2.24) is 0 Å². The SMILES string of the molecule is O=C1Nc2c(C#CCCS)cccc2C1=O. The number of thiol groups is 1. The highest BCUT2D eigenvalue weighted by molar-refractivity contribution is 7.80. The number of ketones is 1. The molecular weight excluding hydrogens is 222 g/mol. The molecule has 0 fully saturated rings. The summed E-state index contributed by atoms with van der Waals surface area (Å²) in [4.78, 5) is 22.6. The van der Waals surface area contributed by atoms with Gasteiger partial charge in [-0.3, -0.25) is 9.59 Å². The summed E-state index contributed by atoms with van der Waals surface area (Å²) in [5.41, 5.74) is 1.62. The lowest BCUT2D eigenvalue weighted by molar-refractivity contribution is -0.112. The minimum Gasteiger partial charge on any atom is -0.317 e. The summed E-state index contributed by atoms with van der Waals surface area (Å²) in [6, 6.07) is 5.13. The molecule has 0 bridgehead atoms. The van der Waals surface area contributed by atoms with Crippen molar-refractivity contribution in [2.75, 3.05) is 11.1 Å². The molecule has 0 saturated carbocycles. The molecule has 80 valence electrons. The number of para-hydroxylation sites is 1. The first-order chi connectivity index (χ1) is 7.74. The highest BCUT2D eigenvalue weighted by atomic mass is 32.1. The van der Waals surface area contributed by atoms with E-state index in [0.717, 1.165) is 0 Å². The number of hydrogen-bond donors (Lipinski definition) is 2. The zero-order valence-electron chi connectivity index (χ0n) is 8.41. The third-order valence-corrected chi connectivity index (χ3v) is 2.44.